The SMILES string of the molecule is CC1(NC(=O)C(CCC(=O)O)NC(=O)OCC2c3ccccc3-c3ccccc32)CCS(=O)(=O)C1. The second-order valence-corrected chi connectivity index (χ2v) is 11.5. The van der Waals surface area contributed by atoms with Crippen molar-refractivity contribution in [3.8, 4) is 11.1 Å². The summed E-state index contributed by atoms with van der Waals surface area (Å²) in [6, 6.07) is 14.6. The van der Waals surface area contributed by atoms with Gasteiger partial charge in [-0.25, -0.2) is 13.2 Å². The zero-order chi connectivity index (χ0) is 25.2. The van der Waals surface area contributed by atoms with Gasteiger partial charge in [-0.15, -0.1) is 0 Å². The highest BCUT2D eigenvalue weighted by molar-refractivity contribution is 7.91. The predicted octanol–water partition coefficient (Wildman–Crippen LogP) is 2.45. The maximum atomic E-state index is 12.9. The molecule has 35 heavy (non-hydrogen) atoms. The van der Waals surface area contributed by atoms with Gasteiger partial charge in [0.1, 0.15) is 12.6 Å². The van der Waals surface area contributed by atoms with Crippen molar-refractivity contribution < 1.29 is 32.6 Å². The van der Waals surface area contributed by atoms with Crippen LogP contribution >= 0.6 is 0 Å². The summed E-state index contributed by atoms with van der Waals surface area (Å²) in [5.74, 6) is -2.17. The van der Waals surface area contributed by atoms with Gasteiger partial charge < -0.3 is 20.5 Å². The van der Waals surface area contributed by atoms with E-state index in [2.05, 4.69) is 10.6 Å². The average molecular weight is 501 g/mol. The van der Waals surface area contributed by atoms with Crippen molar-refractivity contribution in [3.05, 3.63) is 59.7 Å². The van der Waals surface area contributed by atoms with Crippen LogP contribution < -0.4 is 10.6 Å². The average Bonchev–Trinajstić information content (AvgIpc) is 3.27. The van der Waals surface area contributed by atoms with E-state index in [4.69, 9.17) is 9.84 Å². The van der Waals surface area contributed by atoms with Crippen molar-refractivity contribution in [3.63, 3.8) is 0 Å². The minimum atomic E-state index is -3.26. The van der Waals surface area contributed by atoms with E-state index in [1.54, 1.807) is 6.92 Å². The maximum Gasteiger partial charge on any atom is 0.407 e. The summed E-state index contributed by atoms with van der Waals surface area (Å²) in [6.45, 7) is 1.67. The van der Waals surface area contributed by atoms with Crippen LogP contribution in [0.15, 0.2) is 48.5 Å². The number of hydrogen-bond donors (Lipinski definition) is 3. The molecule has 1 aliphatic carbocycles. The Morgan fingerprint density at radius 3 is 2.23 bits per heavy atom. The molecule has 0 saturated carbocycles. The van der Waals surface area contributed by atoms with E-state index in [-0.39, 0.29) is 43.3 Å². The van der Waals surface area contributed by atoms with Crippen LogP contribution in [0.2, 0.25) is 0 Å². The molecule has 2 atom stereocenters. The van der Waals surface area contributed by atoms with E-state index in [1.807, 2.05) is 48.5 Å². The number of amides is 2. The molecule has 2 amide bonds. The van der Waals surface area contributed by atoms with Crippen LogP contribution in [-0.2, 0) is 24.2 Å². The van der Waals surface area contributed by atoms with E-state index >= 15 is 0 Å². The molecule has 2 aromatic rings. The molecule has 186 valence electrons. The molecule has 1 aliphatic heterocycles. The number of nitrogens with one attached hydrogen (secondary N) is 2. The first kappa shape index (κ1) is 24.7. The van der Waals surface area contributed by atoms with Crippen molar-refractivity contribution in [2.75, 3.05) is 18.1 Å². The smallest absolute Gasteiger partial charge is 0.407 e. The number of carboxylic acid groups (broad SMARTS) is 1. The first-order valence-electron chi connectivity index (χ1n) is 11.4. The molecule has 9 nitrogen and oxygen atoms in total. The predicted molar refractivity (Wildman–Crippen MR) is 129 cm³/mol. The highest BCUT2D eigenvalue weighted by atomic mass is 32.2. The number of ether oxygens (including phenoxy) is 1. The van der Waals surface area contributed by atoms with Crippen LogP contribution in [0.4, 0.5) is 4.79 Å². The molecule has 0 radical (unpaired) electrons. The summed E-state index contributed by atoms with van der Waals surface area (Å²) in [5, 5.41) is 14.2. The Kier molecular flexibility index (Phi) is 6.84. The van der Waals surface area contributed by atoms with Crippen molar-refractivity contribution in [2.45, 2.75) is 43.7 Å². The first-order chi connectivity index (χ1) is 16.6. The van der Waals surface area contributed by atoms with Crippen LogP contribution in [0.1, 0.15) is 43.2 Å². The highest BCUT2D eigenvalue weighted by Gasteiger charge is 2.41. The van der Waals surface area contributed by atoms with Crippen molar-refractivity contribution in [1.29, 1.82) is 0 Å². The van der Waals surface area contributed by atoms with Crippen LogP contribution in [0.25, 0.3) is 11.1 Å². The van der Waals surface area contributed by atoms with E-state index in [9.17, 15) is 22.8 Å². The number of sulfone groups is 1. The van der Waals surface area contributed by atoms with Crippen molar-refractivity contribution in [1.82, 2.24) is 10.6 Å². The van der Waals surface area contributed by atoms with Gasteiger partial charge in [0.15, 0.2) is 9.84 Å². The Bertz CT molecular complexity index is 1210. The van der Waals surface area contributed by atoms with Crippen LogP contribution in [0.5, 0.6) is 0 Å². The molecular formula is C25H28N2O7S. The number of carbonyl (C=O) groups is 3. The molecular weight excluding hydrogens is 472 g/mol. The van der Waals surface area contributed by atoms with E-state index in [0.29, 0.717) is 0 Å². The zero-order valence-electron chi connectivity index (χ0n) is 19.3. The lowest BCUT2D eigenvalue weighted by atomic mass is 9.98. The Morgan fingerprint density at radius 1 is 1.09 bits per heavy atom. The molecule has 1 fully saturated rings. The van der Waals surface area contributed by atoms with Gasteiger partial charge in [-0.1, -0.05) is 48.5 Å². The molecule has 10 heteroatoms. The quantitative estimate of drug-likeness (QED) is 0.506. The van der Waals surface area contributed by atoms with E-state index in [0.717, 1.165) is 22.3 Å². The number of aliphatic carboxylic acids is 1. The van der Waals surface area contributed by atoms with Gasteiger partial charge in [0.2, 0.25) is 5.91 Å². The fourth-order valence-electron chi connectivity index (χ4n) is 4.81. The maximum absolute atomic E-state index is 12.9. The summed E-state index contributed by atoms with van der Waals surface area (Å²) in [6.07, 6.45) is -1.11. The second kappa shape index (κ2) is 9.69. The van der Waals surface area contributed by atoms with Crippen molar-refractivity contribution in [2.24, 2.45) is 0 Å². The van der Waals surface area contributed by atoms with Gasteiger partial charge in [0.05, 0.1) is 17.0 Å². The van der Waals surface area contributed by atoms with Gasteiger partial charge in [0, 0.05) is 12.3 Å². The summed E-state index contributed by atoms with van der Waals surface area (Å²) < 4.78 is 29.2. The summed E-state index contributed by atoms with van der Waals surface area (Å²) >= 11 is 0. The second-order valence-electron chi connectivity index (χ2n) is 9.35. The van der Waals surface area contributed by atoms with Crippen LogP contribution in [0.3, 0.4) is 0 Å². The lowest BCUT2D eigenvalue weighted by Crippen LogP contribution is -2.55. The number of carbonyl (C=O) groups excluding carboxylic acids is 2. The molecule has 2 aromatic carbocycles. The number of fused-ring (bicyclic) bond motifs is 3. The van der Waals surface area contributed by atoms with E-state index in [1.165, 1.54) is 0 Å². The molecule has 0 bridgehead atoms. The number of benzene rings is 2. The Hall–Kier alpha value is -3.40. The summed E-state index contributed by atoms with van der Waals surface area (Å²) in [4.78, 5) is 36.6. The standard InChI is InChI=1S/C25H28N2O7S/c1-25(12-13-35(32,33)15-25)27-23(30)21(10-11-22(28)29)26-24(31)34-14-20-18-8-4-2-6-16(18)17-7-3-5-9-19(17)20/h2-9,20-21H,10-15H2,1H3,(H,26,31)(H,27,30)(H,28,29). The Morgan fingerprint density at radius 2 is 1.69 bits per heavy atom. The zero-order valence-corrected chi connectivity index (χ0v) is 20.1. The topological polar surface area (TPSA) is 139 Å². The number of alkyl carbamates (subject to hydrolysis) is 1. The Balaban J connectivity index is 1.42. The van der Waals surface area contributed by atoms with Crippen LogP contribution in [-0.4, -0.2) is 61.2 Å². The monoisotopic (exact) mass is 500 g/mol. The molecule has 2 aliphatic rings. The molecule has 0 aromatic heterocycles. The first-order valence-corrected chi connectivity index (χ1v) is 13.2. The third-order valence-electron chi connectivity index (χ3n) is 6.53. The van der Waals surface area contributed by atoms with Gasteiger partial charge in [-0.3, -0.25) is 9.59 Å². The number of rotatable bonds is 8. The van der Waals surface area contributed by atoms with Gasteiger partial charge in [-0.05, 0) is 42.0 Å². The van der Waals surface area contributed by atoms with Gasteiger partial charge >= 0.3 is 12.1 Å². The number of carboxylic acids is 1. The normalized spacial score (nSPS) is 20.9. The lowest BCUT2D eigenvalue weighted by molar-refractivity contribution is -0.137. The Labute approximate surface area is 203 Å². The van der Waals surface area contributed by atoms with Crippen molar-refractivity contribution >= 4 is 27.8 Å². The highest BCUT2D eigenvalue weighted by Crippen LogP contribution is 2.44. The van der Waals surface area contributed by atoms with Crippen LogP contribution in [0, 0.1) is 0 Å². The third kappa shape index (κ3) is 5.64. The lowest BCUT2D eigenvalue weighted by Gasteiger charge is -2.27. The molecule has 1 saturated heterocycles. The molecule has 3 N–H and O–H groups in total. The fourth-order valence-corrected chi connectivity index (χ4v) is 6.91. The molecule has 0 spiro atoms. The minimum absolute atomic E-state index is 0.0383. The minimum Gasteiger partial charge on any atom is -0.481 e. The van der Waals surface area contributed by atoms with Gasteiger partial charge in [-0.2, -0.15) is 0 Å². The molecule has 1 heterocycles. The third-order valence-corrected chi connectivity index (χ3v) is 8.43. The molecule has 4 rings (SSSR count). The molecule has 2 unspecified atom stereocenters. The largest absolute Gasteiger partial charge is 0.481 e. The summed E-state index contributed by atoms with van der Waals surface area (Å²) in [7, 11) is -3.26. The number of hydrogen-bond acceptors (Lipinski definition) is 6. The van der Waals surface area contributed by atoms with E-state index < -0.39 is 39.4 Å². The fraction of sp³-hybridized carbons (Fsp3) is 0.400. The van der Waals surface area contributed by atoms with Gasteiger partial charge in [0.25, 0.3) is 0 Å². The summed E-state index contributed by atoms with van der Waals surface area (Å²) in [5.41, 5.74) is 3.26.